The average molecular weight is 438 g/mol. The number of carbonyl (C=O) groups excluding carboxylic acids is 2. The third-order valence-corrected chi connectivity index (χ3v) is 4.75. The molecule has 0 fully saturated rings. The van der Waals surface area contributed by atoms with Gasteiger partial charge in [0.1, 0.15) is 13.2 Å². The van der Waals surface area contributed by atoms with Crippen LogP contribution in [0.15, 0.2) is 0 Å². The lowest BCUT2D eigenvalue weighted by Gasteiger charge is -2.18. The first-order chi connectivity index (χ1) is 12.9. The highest BCUT2D eigenvalue weighted by atomic mass is 31.1. The van der Waals surface area contributed by atoms with Crippen molar-refractivity contribution >= 4 is 19.8 Å². The third kappa shape index (κ3) is 10.6. The molecule has 0 spiro atoms. The van der Waals surface area contributed by atoms with E-state index < -0.39 is 69.9 Å². The predicted octanol–water partition coefficient (Wildman–Crippen LogP) is 3.45. The van der Waals surface area contributed by atoms with Crippen LogP contribution in [0.4, 0.5) is 17.6 Å². The molecule has 0 aliphatic heterocycles. The molecule has 166 valence electrons. The largest absolute Gasteiger partial charge is 0.382 e. The van der Waals surface area contributed by atoms with Crippen LogP contribution in [0.2, 0.25) is 0 Å². The van der Waals surface area contributed by atoms with Gasteiger partial charge in [-0.2, -0.15) is 17.6 Å². The summed E-state index contributed by atoms with van der Waals surface area (Å²) in [7, 11) is -0.910. The lowest BCUT2D eigenvalue weighted by molar-refractivity contribution is -0.148. The maximum atomic E-state index is 13.6. The number of rotatable bonds is 16. The second-order valence-corrected chi connectivity index (χ2v) is 7.33. The zero-order chi connectivity index (χ0) is 22.0. The van der Waals surface area contributed by atoms with Crippen molar-refractivity contribution in [2.24, 2.45) is 0 Å². The van der Waals surface area contributed by atoms with Gasteiger partial charge in [0.15, 0.2) is 0 Å². The minimum absolute atomic E-state index is 0.0911. The number of hydrogen-bond donors (Lipinski definition) is 0. The van der Waals surface area contributed by atoms with Gasteiger partial charge in [0.25, 0.3) is 0 Å². The van der Waals surface area contributed by atoms with E-state index in [0.717, 1.165) is 0 Å². The van der Waals surface area contributed by atoms with Gasteiger partial charge >= 0.3 is 20.1 Å². The van der Waals surface area contributed by atoms with E-state index in [4.69, 9.17) is 9.47 Å². The Hall–Kier alpha value is -0.870. The molecule has 28 heavy (non-hydrogen) atoms. The summed E-state index contributed by atoms with van der Waals surface area (Å²) in [6.07, 6.45) is -2.74. The van der Waals surface area contributed by atoms with Crippen molar-refractivity contribution in [3.8, 4) is 0 Å². The summed E-state index contributed by atoms with van der Waals surface area (Å²) in [6.45, 7) is 0.628. The van der Waals surface area contributed by atoms with Crippen LogP contribution in [0.3, 0.4) is 0 Å². The van der Waals surface area contributed by atoms with Crippen molar-refractivity contribution in [1.29, 1.82) is 0 Å². The molecule has 0 aliphatic rings. The van der Waals surface area contributed by atoms with Gasteiger partial charge in [0.2, 0.25) is 11.6 Å². The number of ketones is 2. The van der Waals surface area contributed by atoms with E-state index >= 15 is 0 Å². The van der Waals surface area contributed by atoms with Crippen molar-refractivity contribution in [1.82, 2.24) is 0 Å². The maximum absolute atomic E-state index is 13.6. The van der Waals surface area contributed by atoms with Crippen LogP contribution in [0.5, 0.6) is 0 Å². The van der Waals surface area contributed by atoms with Crippen LogP contribution in [-0.4, -0.2) is 63.1 Å². The fraction of sp³-hybridized carbons (Fsp3) is 0.875. The van der Waals surface area contributed by atoms with E-state index in [0.29, 0.717) is 0 Å². The lowest BCUT2D eigenvalue weighted by atomic mass is 10.1. The highest BCUT2D eigenvalue weighted by Gasteiger charge is 2.40. The summed E-state index contributed by atoms with van der Waals surface area (Å²) >= 11 is 0. The first-order valence-corrected chi connectivity index (χ1v) is 9.75. The van der Waals surface area contributed by atoms with Gasteiger partial charge in [-0.25, -0.2) is 0 Å². The molecule has 0 bridgehead atoms. The number of carbonyl (C=O) groups is 2. The van der Waals surface area contributed by atoms with E-state index in [9.17, 15) is 31.7 Å². The van der Waals surface area contributed by atoms with Gasteiger partial charge in [0.05, 0.1) is 12.2 Å². The molecule has 0 rings (SSSR count). The van der Waals surface area contributed by atoms with Gasteiger partial charge in [-0.15, -0.1) is 0 Å². The van der Waals surface area contributed by atoms with Crippen LogP contribution in [-0.2, 0) is 32.7 Å². The van der Waals surface area contributed by atoms with Gasteiger partial charge in [-0.05, 0) is 26.7 Å². The van der Waals surface area contributed by atoms with Crippen LogP contribution < -0.4 is 0 Å². The Balaban J connectivity index is 4.33. The van der Waals surface area contributed by atoms with Gasteiger partial charge in [0, 0.05) is 27.1 Å². The van der Waals surface area contributed by atoms with Gasteiger partial charge in [-0.3, -0.25) is 14.2 Å². The molecule has 0 saturated heterocycles. The maximum Gasteiger partial charge on any atom is 0.320 e. The number of halogens is 4. The molecular weight excluding hydrogens is 411 g/mol. The van der Waals surface area contributed by atoms with E-state index in [1.54, 1.807) is 13.8 Å². The number of Topliss-reactive ketones (excluding diaryl/α,β-unsaturated/α-hetero) is 2. The summed E-state index contributed by atoms with van der Waals surface area (Å²) in [6, 6.07) is 0. The molecule has 0 saturated carbocycles. The molecule has 0 aromatic rings. The standard InChI is InChI=1S/C16H27F4O7P/c1-11(24-3)5-7-15(17,18)13(21)9-26-28(23)27-10-14(22)16(19,20)8-6-12(2)25-4/h11-12,28H,5-10H2,1-4H3. The molecule has 0 N–H and O–H groups in total. The van der Waals surface area contributed by atoms with Crippen LogP contribution in [0.1, 0.15) is 39.5 Å². The minimum Gasteiger partial charge on any atom is -0.382 e. The van der Waals surface area contributed by atoms with Gasteiger partial charge < -0.3 is 18.5 Å². The second kappa shape index (κ2) is 12.6. The Labute approximate surface area is 162 Å². The zero-order valence-electron chi connectivity index (χ0n) is 16.3. The molecule has 12 heteroatoms. The molecule has 2 atom stereocenters. The number of hydrogen-bond acceptors (Lipinski definition) is 7. The highest BCUT2D eigenvalue weighted by Crippen LogP contribution is 2.30. The topological polar surface area (TPSA) is 88.1 Å². The average Bonchev–Trinajstić information content (AvgIpc) is 2.65. The van der Waals surface area contributed by atoms with Crippen LogP contribution in [0, 0.1) is 0 Å². The molecule has 7 nitrogen and oxygen atoms in total. The van der Waals surface area contributed by atoms with Crippen molar-refractivity contribution < 1.29 is 50.2 Å². The summed E-state index contributed by atoms with van der Waals surface area (Å²) in [4.78, 5) is 22.9. The number of ether oxygens (including phenoxy) is 2. The Morgan fingerprint density at radius 1 is 0.821 bits per heavy atom. The Bertz CT molecular complexity index is 487. The Morgan fingerprint density at radius 2 is 1.14 bits per heavy atom. The molecule has 0 heterocycles. The molecular formula is C16H27F4O7P. The van der Waals surface area contributed by atoms with Crippen molar-refractivity contribution in [2.75, 3.05) is 27.4 Å². The highest BCUT2D eigenvalue weighted by molar-refractivity contribution is 7.33. The molecule has 0 aromatic carbocycles. The molecule has 0 amide bonds. The number of alkyl halides is 4. The first kappa shape index (κ1) is 27.1. The smallest absolute Gasteiger partial charge is 0.320 e. The van der Waals surface area contributed by atoms with Crippen LogP contribution >= 0.6 is 8.25 Å². The summed E-state index contributed by atoms with van der Waals surface area (Å²) in [5.41, 5.74) is 0. The van der Waals surface area contributed by atoms with E-state index in [1.807, 2.05) is 0 Å². The van der Waals surface area contributed by atoms with Gasteiger partial charge in [-0.1, -0.05) is 0 Å². The zero-order valence-corrected chi connectivity index (χ0v) is 17.3. The fourth-order valence-electron chi connectivity index (χ4n) is 1.79. The van der Waals surface area contributed by atoms with Crippen molar-refractivity contribution in [3.63, 3.8) is 0 Å². The Morgan fingerprint density at radius 3 is 1.43 bits per heavy atom. The summed E-state index contributed by atoms with van der Waals surface area (Å²) in [5.74, 6) is -10.7. The molecule has 0 aliphatic carbocycles. The van der Waals surface area contributed by atoms with Crippen molar-refractivity contribution in [2.45, 2.75) is 63.6 Å². The minimum atomic E-state index is -3.73. The van der Waals surface area contributed by atoms with E-state index in [2.05, 4.69) is 9.05 Å². The van der Waals surface area contributed by atoms with E-state index in [1.165, 1.54) is 14.2 Å². The quantitative estimate of drug-likeness (QED) is 0.269. The third-order valence-electron chi connectivity index (χ3n) is 3.99. The monoisotopic (exact) mass is 438 g/mol. The second-order valence-electron chi connectivity index (χ2n) is 6.25. The number of methoxy groups -OCH3 is 2. The fourth-order valence-corrected chi connectivity index (χ4v) is 2.37. The Kier molecular flexibility index (Phi) is 12.2. The molecule has 0 aromatic heterocycles. The van der Waals surface area contributed by atoms with E-state index in [-0.39, 0.29) is 12.8 Å². The van der Waals surface area contributed by atoms with Crippen molar-refractivity contribution in [3.05, 3.63) is 0 Å². The normalized spacial score (nSPS) is 15.9. The lowest BCUT2D eigenvalue weighted by Crippen LogP contribution is -2.33. The predicted molar refractivity (Wildman–Crippen MR) is 92.2 cm³/mol. The SMILES string of the molecule is COC(C)CCC(F)(F)C(=O)CO[PH](=O)OCC(=O)C(F)(F)CCC(C)OC. The molecule has 0 radical (unpaired) electrons. The summed E-state index contributed by atoms with van der Waals surface area (Å²) in [5, 5.41) is 0. The molecule has 2 unspecified atom stereocenters. The first-order valence-electron chi connectivity index (χ1n) is 8.53. The van der Waals surface area contributed by atoms with Crippen LogP contribution in [0.25, 0.3) is 0 Å². The summed E-state index contributed by atoms with van der Waals surface area (Å²) < 4.78 is 84.3.